The number of quaternary nitrogens is 1. The fourth-order valence-corrected chi connectivity index (χ4v) is 11.0. The molecule has 526 valence electrons. The van der Waals surface area contributed by atoms with Gasteiger partial charge in [-0.25, -0.2) is 4.79 Å². The van der Waals surface area contributed by atoms with Crippen LogP contribution in [0.1, 0.15) is 348 Å². The van der Waals surface area contributed by atoms with Crippen molar-refractivity contribution in [3.8, 4) is 0 Å². The zero-order valence-electron chi connectivity index (χ0n) is 60.2. The van der Waals surface area contributed by atoms with Crippen molar-refractivity contribution in [1.82, 2.24) is 0 Å². The molecule has 9 heteroatoms. The number of carboxylic acids is 1. The van der Waals surface area contributed by atoms with E-state index < -0.39 is 24.3 Å². The Kier molecular flexibility index (Phi) is 69.0. The summed E-state index contributed by atoms with van der Waals surface area (Å²) >= 11 is 0. The Bertz CT molecular complexity index is 1820. The van der Waals surface area contributed by atoms with Crippen LogP contribution in [0.5, 0.6) is 0 Å². The molecule has 0 amide bonds. The lowest BCUT2D eigenvalue weighted by molar-refractivity contribution is -0.870. The molecule has 0 aliphatic rings. The molecule has 0 bridgehead atoms. The van der Waals surface area contributed by atoms with Gasteiger partial charge in [0.15, 0.2) is 6.10 Å². The number of allylic oxidation sites excluding steroid dienone is 16. The van der Waals surface area contributed by atoms with Crippen LogP contribution in [0.4, 0.5) is 0 Å². The van der Waals surface area contributed by atoms with Crippen molar-refractivity contribution >= 4 is 17.9 Å². The number of carboxylic acid groups (broad SMARTS) is 1. The Hall–Kier alpha value is -3.79. The molecule has 0 aliphatic heterocycles. The summed E-state index contributed by atoms with van der Waals surface area (Å²) in [4.78, 5) is 37.7. The van der Waals surface area contributed by atoms with Crippen LogP contribution in [0.15, 0.2) is 97.2 Å². The quantitative estimate of drug-likeness (QED) is 0.0211. The molecule has 0 aromatic carbocycles. The molecule has 2 unspecified atom stereocenters. The molecule has 0 saturated carbocycles. The normalized spacial score (nSPS) is 13.2. The van der Waals surface area contributed by atoms with E-state index in [-0.39, 0.29) is 32.2 Å². The molecule has 0 aliphatic carbocycles. The lowest BCUT2D eigenvalue weighted by Gasteiger charge is -2.25. The molecule has 9 nitrogen and oxygen atoms in total. The third-order valence-electron chi connectivity index (χ3n) is 16.8. The Labute approximate surface area is 562 Å². The summed E-state index contributed by atoms with van der Waals surface area (Å²) in [6, 6.07) is 0. The lowest BCUT2D eigenvalue weighted by Crippen LogP contribution is -2.40. The van der Waals surface area contributed by atoms with Gasteiger partial charge >= 0.3 is 17.9 Å². The Balaban J connectivity index is 4.04. The van der Waals surface area contributed by atoms with Crippen molar-refractivity contribution in [2.24, 2.45) is 0 Å². The van der Waals surface area contributed by atoms with Crippen LogP contribution < -0.4 is 0 Å². The number of likely N-dealkylation sites (N-methyl/N-ethyl adjacent to an activating group) is 1. The van der Waals surface area contributed by atoms with Crippen molar-refractivity contribution in [2.75, 3.05) is 47.5 Å². The summed E-state index contributed by atoms with van der Waals surface area (Å²) in [6.07, 6.45) is 96.9. The predicted octanol–water partition coefficient (Wildman–Crippen LogP) is 24.4. The number of unbranched alkanes of at least 4 members (excludes halogenated alkanes) is 40. The first-order chi connectivity index (χ1) is 44.6. The van der Waals surface area contributed by atoms with Crippen LogP contribution in [-0.4, -0.2) is 87.4 Å². The second-order valence-electron chi connectivity index (χ2n) is 26.9. The molecule has 0 spiro atoms. The van der Waals surface area contributed by atoms with Gasteiger partial charge in [0.25, 0.3) is 6.29 Å². The molecule has 0 fully saturated rings. The fourth-order valence-electron chi connectivity index (χ4n) is 11.0. The van der Waals surface area contributed by atoms with Crippen LogP contribution in [0.25, 0.3) is 0 Å². The number of aliphatic carboxylic acids is 1. The maximum Gasteiger partial charge on any atom is 0.361 e. The van der Waals surface area contributed by atoms with E-state index in [4.69, 9.17) is 18.9 Å². The molecule has 0 aromatic rings. The minimum Gasteiger partial charge on any atom is -0.477 e. The first kappa shape index (κ1) is 87.2. The number of esters is 2. The molecule has 0 saturated heterocycles. The zero-order valence-corrected chi connectivity index (χ0v) is 60.2. The van der Waals surface area contributed by atoms with Crippen molar-refractivity contribution in [1.29, 1.82) is 0 Å². The Morgan fingerprint density at radius 2 is 0.626 bits per heavy atom. The van der Waals surface area contributed by atoms with Crippen LogP contribution in [0.3, 0.4) is 0 Å². The van der Waals surface area contributed by atoms with Gasteiger partial charge in [0.1, 0.15) is 13.2 Å². The summed E-state index contributed by atoms with van der Waals surface area (Å²) in [7, 11) is 5.99. The SMILES string of the molecule is CC/C=C\C/C=C\C/C=C\C/C=C\C/C=C\C/C=C\C/C=C\CCCCCCCCCCCCCCCCCCCC(=O)OC(COC(=O)CCCCCCCCCCCCCCCCC/C=C\CCCCCCCCCC)COC(OCC[N+](C)(C)C)C(=O)O. The largest absolute Gasteiger partial charge is 0.477 e. The zero-order chi connectivity index (χ0) is 66.1. The predicted molar refractivity (Wildman–Crippen MR) is 392 cm³/mol. The van der Waals surface area contributed by atoms with E-state index in [0.29, 0.717) is 17.4 Å². The highest BCUT2D eigenvalue weighted by Crippen LogP contribution is 2.18. The summed E-state index contributed by atoms with van der Waals surface area (Å²) < 4.78 is 23.0. The van der Waals surface area contributed by atoms with Gasteiger partial charge in [0, 0.05) is 12.8 Å². The summed E-state index contributed by atoms with van der Waals surface area (Å²) in [5.41, 5.74) is 0. The van der Waals surface area contributed by atoms with Crippen molar-refractivity contribution < 1.29 is 42.9 Å². The van der Waals surface area contributed by atoms with Crippen LogP contribution in [-0.2, 0) is 33.3 Å². The number of carbonyl (C=O) groups is 3. The van der Waals surface area contributed by atoms with Gasteiger partial charge in [-0.05, 0) is 96.3 Å². The molecule has 2 atom stereocenters. The first-order valence-corrected chi connectivity index (χ1v) is 38.4. The molecule has 0 heterocycles. The number of carbonyl (C=O) groups excluding carboxylic acids is 2. The average molecular weight is 1270 g/mol. The first-order valence-electron chi connectivity index (χ1n) is 38.4. The lowest BCUT2D eigenvalue weighted by atomic mass is 10.0. The maximum absolute atomic E-state index is 13.0. The molecular weight excluding hydrogens is 1130 g/mol. The number of hydrogen-bond acceptors (Lipinski definition) is 7. The standard InChI is InChI=1S/C82H145NO8/c1-6-8-10-12-14-16-18-20-22-24-26-28-30-32-34-35-36-37-38-39-40-41-42-43-44-45-47-49-51-53-55-57-59-61-63-65-67-69-71-73-80(85)91-78(77-90-82(81(86)87)88-75-74-83(3,4)5)76-89-79(84)72-70-68-66-64-62-60-58-56-54-52-50-48-46-33-31-29-27-25-23-21-19-17-15-13-11-9-7-2/h8,10,14,16,20,22,25-28,32,34,36-37,39-40,78,82H,6-7,9,11-13,15,17-19,21,23-24,29-31,33,35,38,41-77H2,1-5H3/p+1/b10-8-,16-14-,22-20-,27-25-,28-26-,34-32-,37-36-,40-39-. The Morgan fingerprint density at radius 3 is 0.945 bits per heavy atom. The number of ether oxygens (including phenoxy) is 4. The van der Waals surface area contributed by atoms with E-state index in [1.165, 1.54) is 238 Å². The minimum absolute atomic E-state index is 0.181. The van der Waals surface area contributed by atoms with Crippen molar-refractivity contribution in [3.05, 3.63) is 97.2 Å². The molecule has 91 heavy (non-hydrogen) atoms. The maximum atomic E-state index is 13.0. The molecule has 0 aromatic heterocycles. The van der Waals surface area contributed by atoms with E-state index in [1.54, 1.807) is 0 Å². The summed E-state index contributed by atoms with van der Waals surface area (Å²) in [6.45, 7) is 4.81. The molecular formula is C82H146NO8+. The van der Waals surface area contributed by atoms with Gasteiger partial charge in [-0.3, -0.25) is 9.59 Å². The highest BCUT2D eigenvalue weighted by Gasteiger charge is 2.25. The average Bonchev–Trinajstić information content (AvgIpc) is 3.46. The second kappa shape index (κ2) is 72.0. The third kappa shape index (κ3) is 73.5. The number of hydrogen-bond donors (Lipinski definition) is 1. The highest BCUT2D eigenvalue weighted by atomic mass is 16.7. The van der Waals surface area contributed by atoms with Crippen LogP contribution in [0, 0.1) is 0 Å². The number of nitrogens with zero attached hydrogens (tertiary/aromatic N) is 1. The van der Waals surface area contributed by atoms with Crippen LogP contribution >= 0.6 is 0 Å². The van der Waals surface area contributed by atoms with E-state index >= 15 is 0 Å². The molecule has 0 radical (unpaired) electrons. The molecule has 1 N–H and O–H groups in total. The smallest absolute Gasteiger partial charge is 0.361 e. The second-order valence-corrected chi connectivity index (χ2v) is 26.9. The number of rotatable bonds is 71. The van der Waals surface area contributed by atoms with Gasteiger partial charge in [0.05, 0.1) is 34.4 Å². The van der Waals surface area contributed by atoms with E-state index in [9.17, 15) is 19.5 Å². The topological polar surface area (TPSA) is 108 Å². The summed E-state index contributed by atoms with van der Waals surface area (Å²) in [5.74, 6) is -1.99. The van der Waals surface area contributed by atoms with Crippen LogP contribution in [0.2, 0.25) is 0 Å². The van der Waals surface area contributed by atoms with E-state index in [2.05, 4.69) is 111 Å². The fraction of sp³-hybridized carbons (Fsp3) is 0.768. The van der Waals surface area contributed by atoms with Gasteiger partial charge in [-0.15, -0.1) is 0 Å². The van der Waals surface area contributed by atoms with Crippen molar-refractivity contribution in [2.45, 2.75) is 360 Å². The third-order valence-corrected chi connectivity index (χ3v) is 16.8. The van der Waals surface area contributed by atoms with Gasteiger partial charge in [-0.2, -0.15) is 0 Å². The van der Waals surface area contributed by atoms with Gasteiger partial charge < -0.3 is 28.5 Å². The van der Waals surface area contributed by atoms with E-state index in [1.807, 2.05) is 21.1 Å². The van der Waals surface area contributed by atoms with Gasteiger partial charge in [0.2, 0.25) is 0 Å². The summed E-state index contributed by atoms with van der Waals surface area (Å²) in [5, 5.41) is 9.76. The Morgan fingerprint density at radius 1 is 0.341 bits per heavy atom. The van der Waals surface area contributed by atoms with Gasteiger partial charge in [-0.1, -0.05) is 336 Å². The molecule has 0 rings (SSSR count). The highest BCUT2D eigenvalue weighted by molar-refractivity contribution is 5.71. The van der Waals surface area contributed by atoms with Crippen molar-refractivity contribution in [3.63, 3.8) is 0 Å². The monoisotopic (exact) mass is 1270 g/mol. The van der Waals surface area contributed by atoms with E-state index in [0.717, 1.165) is 83.5 Å². The minimum atomic E-state index is -1.51.